The molecule has 0 amide bonds. The fraction of sp³-hybridized carbons (Fsp3) is 0.267. The topological polar surface area (TPSA) is 42.1 Å². The molecule has 3 heteroatoms. The molecule has 2 N–H and O–H groups in total. The summed E-state index contributed by atoms with van der Waals surface area (Å²) >= 11 is 0. The van der Waals surface area contributed by atoms with Crippen molar-refractivity contribution in [2.45, 2.75) is 20.0 Å². The smallest absolute Gasteiger partial charge is 0.0602 e. The molecule has 2 aromatic rings. The highest BCUT2D eigenvalue weighted by Crippen LogP contribution is 2.15. The molecule has 18 heavy (non-hydrogen) atoms. The minimum atomic E-state index is 0.491. The third kappa shape index (κ3) is 3.08. The molecule has 0 atom stereocenters. The Morgan fingerprint density at radius 3 is 2.39 bits per heavy atom. The highest BCUT2D eigenvalue weighted by molar-refractivity contribution is 5.46. The first-order valence-electron chi connectivity index (χ1n) is 6.28. The van der Waals surface area contributed by atoms with Gasteiger partial charge in [0, 0.05) is 18.8 Å². The minimum Gasteiger partial charge on any atom is -0.366 e. The standard InChI is InChI=1S/C15H19N3/c1-2-18(15-9-4-3-5-10-15)12-14-8-6-7-13(11-16)17-14/h3-10H,2,11-12,16H2,1H3. The van der Waals surface area contributed by atoms with Gasteiger partial charge in [-0.05, 0) is 31.2 Å². The summed E-state index contributed by atoms with van der Waals surface area (Å²) in [5, 5.41) is 0. The van der Waals surface area contributed by atoms with Crippen molar-refractivity contribution >= 4 is 5.69 Å². The summed E-state index contributed by atoms with van der Waals surface area (Å²) in [6.07, 6.45) is 0. The summed E-state index contributed by atoms with van der Waals surface area (Å²) < 4.78 is 0. The zero-order valence-electron chi connectivity index (χ0n) is 10.7. The van der Waals surface area contributed by atoms with Gasteiger partial charge in [-0.1, -0.05) is 24.3 Å². The van der Waals surface area contributed by atoms with Gasteiger partial charge in [0.2, 0.25) is 0 Å². The van der Waals surface area contributed by atoms with Gasteiger partial charge >= 0.3 is 0 Å². The van der Waals surface area contributed by atoms with Crippen LogP contribution in [0, 0.1) is 0 Å². The Hall–Kier alpha value is -1.87. The maximum Gasteiger partial charge on any atom is 0.0602 e. The molecule has 2 rings (SSSR count). The van der Waals surface area contributed by atoms with Crippen molar-refractivity contribution in [2.75, 3.05) is 11.4 Å². The van der Waals surface area contributed by atoms with Crippen LogP contribution in [0.3, 0.4) is 0 Å². The van der Waals surface area contributed by atoms with Crippen molar-refractivity contribution in [2.24, 2.45) is 5.73 Å². The second-order valence-corrected chi connectivity index (χ2v) is 4.17. The number of benzene rings is 1. The van der Waals surface area contributed by atoms with Crippen LogP contribution >= 0.6 is 0 Å². The number of aromatic nitrogens is 1. The second-order valence-electron chi connectivity index (χ2n) is 4.17. The Labute approximate surface area is 108 Å². The first kappa shape index (κ1) is 12.6. The molecule has 0 aliphatic heterocycles. The largest absolute Gasteiger partial charge is 0.366 e. The average Bonchev–Trinajstić information content (AvgIpc) is 2.46. The first-order chi connectivity index (χ1) is 8.83. The molecule has 0 aliphatic carbocycles. The Kier molecular flexibility index (Phi) is 4.31. The number of para-hydroxylation sites is 1. The van der Waals surface area contributed by atoms with Gasteiger partial charge in [0.1, 0.15) is 0 Å². The fourth-order valence-electron chi connectivity index (χ4n) is 1.95. The van der Waals surface area contributed by atoms with Gasteiger partial charge in [0.15, 0.2) is 0 Å². The van der Waals surface area contributed by atoms with Gasteiger partial charge < -0.3 is 10.6 Å². The molecule has 1 heterocycles. The fourth-order valence-corrected chi connectivity index (χ4v) is 1.95. The maximum atomic E-state index is 5.62. The summed E-state index contributed by atoms with van der Waals surface area (Å²) in [6, 6.07) is 16.4. The van der Waals surface area contributed by atoms with Crippen molar-refractivity contribution in [3.63, 3.8) is 0 Å². The van der Waals surface area contributed by atoms with E-state index in [0.717, 1.165) is 24.5 Å². The number of anilines is 1. The van der Waals surface area contributed by atoms with E-state index in [1.165, 1.54) is 5.69 Å². The van der Waals surface area contributed by atoms with Crippen LogP contribution in [0.5, 0.6) is 0 Å². The average molecular weight is 241 g/mol. The van der Waals surface area contributed by atoms with Crippen molar-refractivity contribution in [3.8, 4) is 0 Å². The molecule has 0 saturated carbocycles. The second kappa shape index (κ2) is 6.17. The predicted molar refractivity (Wildman–Crippen MR) is 75.3 cm³/mol. The van der Waals surface area contributed by atoms with E-state index in [1.807, 2.05) is 24.3 Å². The van der Waals surface area contributed by atoms with E-state index < -0.39 is 0 Å². The SMILES string of the molecule is CCN(Cc1cccc(CN)n1)c1ccccc1. The van der Waals surface area contributed by atoms with E-state index in [2.05, 4.69) is 41.1 Å². The van der Waals surface area contributed by atoms with Gasteiger partial charge in [0.25, 0.3) is 0 Å². The molecule has 0 fully saturated rings. The highest BCUT2D eigenvalue weighted by Gasteiger charge is 2.05. The molecule has 0 spiro atoms. The number of nitrogens with two attached hydrogens (primary N) is 1. The normalized spacial score (nSPS) is 10.3. The van der Waals surface area contributed by atoms with Crippen molar-refractivity contribution in [1.29, 1.82) is 0 Å². The monoisotopic (exact) mass is 241 g/mol. The molecule has 3 nitrogen and oxygen atoms in total. The Morgan fingerprint density at radius 2 is 1.72 bits per heavy atom. The van der Waals surface area contributed by atoms with Crippen LogP contribution in [0.2, 0.25) is 0 Å². The van der Waals surface area contributed by atoms with E-state index in [4.69, 9.17) is 5.73 Å². The molecule has 0 saturated heterocycles. The van der Waals surface area contributed by atoms with Crippen molar-refractivity contribution in [3.05, 3.63) is 59.9 Å². The van der Waals surface area contributed by atoms with E-state index in [0.29, 0.717) is 6.54 Å². The lowest BCUT2D eigenvalue weighted by atomic mass is 10.2. The van der Waals surface area contributed by atoms with Crippen LogP contribution in [-0.2, 0) is 13.1 Å². The zero-order chi connectivity index (χ0) is 12.8. The highest BCUT2D eigenvalue weighted by atomic mass is 15.1. The molecule has 0 radical (unpaired) electrons. The van der Waals surface area contributed by atoms with Gasteiger partial charge in [-0.2, -0.15) is 0 Å². The van der Waals surface area contributed by atoms with E-state index in [1.54, 1.807) is 0 Å². The van der Waals surface area contributed by atoms with Crippen LogP contribution < -0.4 is 10.6 Å². The molecule has 0 bridgehead atoms. The summed E-state index contributed by atoms with van der Waals surface area (Å²) in [4.78, 5) is 6.83. The van der Waals surface area contributed by atoms with Crippen molar-refractivity contribution in [1.82, 2.24) is 4.98 Å². The van der Waals surface area contributed by atoms with Gasteiger partial charge in [-0.3, -0.25) is 4.98 Å². The van der Waals surface area contributed by atoms with Gasteiger partial charge in [-0.25, -0.2) is 0 Å². The number of hydrogen-bond donors (Lipinski definition) is 1. The lowest BCUT2D eigenvalue weighted by molar-refractivity contribution is 0.799. The number of hydrogen-bond acceptors (Lipinski definition) is 3. The third-order valence-electron chi connectivity index (χ3n) is 2.93. The summed E-state index contributed by atoms with van der Waals surface area (Å²) in [6.45, 7) is 4.41. The number of pyridine rings is 1. The van der Waals surface area contributed by atoms with Crippen molar-refractivity contribution < 1.29 is 0 Å². The minimum absolute atomic E-state index is 0.491. The van der Waals surface area contributed by atoms with Crippen LogP contribution in [0.25, 0.3) is 0 Å². The molecule has 1 aromatic carbocycles. The van der Waals surface area contributed by atoms with Crippen LogP contribution in [0.4, 0.5) is 5.69 Å². The summed E-state index contributed by atoms with van der Waals surface area (Å²) in [5.41, 5.74) is 8.84. The van der Waals surface area contributed by atoms with E-state index in [-0.39, 0.29) is 0 Å². The van der Waals surface area contributed by atoms with Gasteiger partial charge in [0.05, 0.1) is 17.9 Å². The van der Waals surface area contributed by atoms with Crippen LogP contribution in [0.15, 0.2) is 48.5 Å². The van der Waals surface area contributed by atoms with Crippen LogP contribution in [0.1, 0.15) is 18.3 Å². The molecule has 0 unspecified atom stereocenters. The molecule has 0 aliphatic rings. The predicted octanol–water partition coefficient (Wildman–Crippen LogP) is 2.57. The Balaban J connectivity index is 2.15. The molecular formula is C15H19N3. The summed E-state index contributed by atoms with van der Waals surface area (Å²) in [7, 11) is 0. The number of nitrogens with zero attached hydrogens (tertiary/aromatic N) is 2. The number of rotatable bonds is 5. The maximum absolute atomic E-state index is 5.62. The van der Waals surface area contributed by atoms with E-state index >= 15 is 0 Å². The van der Waals surface area contributed by atoms with E-state index in [9.17, 15) is 0 Å². The van der Waals surface area contributed by atoms with Crippen LogP contribution in [-0.4, -0.2) is 11.5 Å². The third-order valence-corrected chi connectivity index (χ3v) is 2.93. The zero-order valence-corrected chi connectivity index (χ0v) is 10.7. The molecule has 1 aromatic heterocycles. The Morgan fingerprint density at radius 1 is 1.00 bits per heavy atom. The lowest BCUT2D eigenvalue weighted by Gasteiger charge is -2.22. The quantitative estimate of drug-likeness (QED) is 0.874. The Bertz CT molecular complexity index is 482. The summed E-state index contributed by atoms with van der Waals surface area (Å²) in [5.74, 6) is 0. The molecular weight excluding hydrogens is 222 g/mol. The van der Waals surface area contributed by atoms with Gasteiger partial charge in [-0.15, -0.1) is 0 Å². The first-order valence-corrected chi connectivity index (χ1v) is 6.28. The molecule has 94 valence electrons. The lowest BCUT2D eigenvalue weighted by Crippen LogP contribution is -2.22.